The Bertz CT molecular complexity index is 520. The van der Waals surface area contributed by atoms with E-state index in [0.717, 1.165) is 25.7 Å². The second-order valence-corrected chi connectivity index (χ2v) is 6.11. The Kier molecular flexibility index (Phi) is 5.12. The van der Waals surface area contributed by atoms with Crippen molar-refractivity contribution in [1.29, 1.82) is 0 Å². The van der Waals surface area contributed by atoms with Crippen LogP contribution in [0.4, 0.5) is 5.69 Å². The zero-order valence-electron chi connectivity index (χ0n) is 12.7. The molecule has 0 bridgehead atoms. The molecule has 1 aromatic carbocycles. The molecule has 21 heavy (non-hydrogen) atoms. The van der Waals surface area contributed by atoms with Gasteiger partial charge in [-0.05, 0) is 43.4 Å². The van der Waals surface area contributed by atoms with Gasteiger partial charge in [-0.15, -0.1) is 0 Å². The molecule has 0 unspecified atom stereocenters. The fourth-order valence-corrected chi connectivity index (χ4v) is 3.23. The van der Waals surface area contributed by atoms with Gasteiger partial charge in [0.1, 0.15) is 11.4 Å². The van der Waals surface area contributed by atoms with Gasteiger partial charge in [0.2, 0.25) is 0 Å². The summed E-state index contributed by atoms with van der Waals surface area (Å²) in [7, 11) is 3.17. The highest BCUT2D eigenvalue weighted by Gasteiger charge is 2.42. The average molecular weight is 312 g/mol. The van der Waals surface area contributed by atoms with E-state index in [1.54, 1.807) is 32.4 Å². The Hall–Kier alpha value is -1.26. The van der Waals surface area contributed by atoms with E-state index in [1.807, 2.05) is 0 Å². The van der Waals surface area contributed by atoms with E-state index in [4.69, 9.17) is 21.1 Å². The van der Waals surface area contributed by atoms with E-state index in [1.165, 1.54) is 0 Å². The fourth-order valence-electron chi connectivity index (χ4n) is 2.98. The molecular formula is C16H22ClNO3. The predicted octanol–water partition coefficient (Wildman–Crippen LogP) is 3.88. The lowest BCUT2D eigenvalue weighted by Crippen LogP contribution is -2.47. The molecule has 2 atom stereocenters. The van der Waals surface area contributed by atoms with Gasteiger partial charge < -0.3 is 14.8 Å². The van der Waals surface area contributed by atoms with E-state index < -0.39 is 5.60 Å². The van der Waals surface area contributed by atoms with Gasteiger partial charge in [0, 0.05) is 12.8 Å². The van der Waals surface area contributed by atoms with Crippen LogP contribution >= 0.6 is 11.6 Å². The number of amides is 1. The number of methoxy groups -OCH3 is 2. The third-order valence-electron chi connectivity index (χ3n) is 4.17. The number of halogens is 1. The van der Waals surface area contributed by atoms with Crippen molar-refractivity contribution >= 4 is 23.2 Å². The van der Waals surface area contributed by atoms with Crippen molar-refractivity contribution in [2.75, 3.05) is 19.5 Å². The van der Waals surface area contributed by atoms with Crippen LogP contribution in [0.2, 0.25) is 5.02 Å². The Morgan fingerprint density at radius 1 is 1.43 bits per heavy atom. The van der Waals surface area contributed by atoms with Crippen LogP contribution in [-0.2, 0) is 9.53 Å². The zero-order valence-corrected chi connectivity index (χ0v) is 13.5. The summed E-state index contributed by atoms with van der Waals surface area (Å²) >= 11 is 6.08. The van der Waals surface area contributed by atoms with E-state index in [-0.39, 0.29) is 5.91 Å². The summed E-state index contributed by atoms with van der Waals surface area (Å²) in [5.74, 6) is 0.976. The lowest BCUT2D eigenvalue weighted by Gasteiger charge is -2.37. The van der Waals surface area contributed by atoms with Gasteiger partial charge in [-0.2, -0.15) is 0 Å². The minimum absolute atomic E-state index is 0.0993. The highest BCUT2D eigenvalue weighted by molar-refractivity contribution is 6.32. The van der Waals surface area contributed by atoms with Gasteiger partial charge in [-0.3, -0.25) is 4.79 Å². The average Bonchev–Trinajstić information content (AvgIpc) is 2.47. The maximum absolute atomic E-state index is 12.6. The van der Waals surface area contributed by atoms with Crippen LogP contribution in [0.1, 0.15) is 32.6 Å². The van der Waals surface area contributed by atoms with Crippen LogP contribution in [0.5, 0.6) is 5.75 Å². The maximum Gasteiger partial charge on any atom is 0.256 e. The summed E-state index contributed by atoms with van der Waals surface area (Å²) in [5, 5.41) is 3.38. The van der Waals surface area contributed by atoms with Crippen LogP contribution < -0.4 is 10.1 Å². The van der Waals surface area contributed by atoms with Crippen molar-refractivity contribution in [3.8, 4) is 5.75 Å². The van der Waals surface area contributed by atoms with Crippen molar-refractivity contribution in [2.24, 2.45) is 5.92 Å². The summed E-state index contributed by atoms with van der Waals surface area (Å²) < 4.78 is 10.7. The lowest BCUT2D eigenvalue weighted by molar-refractivity contribution is -0.143. The molecule has 0 heterocycles. The molecule has 1 fully saturated rings. The maximum atomic E-state index is 12.6. The van der Waals surface area contributed by atoms with Crippen molar-refractivity contribution < 1.29 is 14.3 Å². The number of carbonyl (C=O) groups excluding carboxylic acids is 1. The molecule has 2 rings (SSSR count). The molecule has 5 heteroatoms. The minimum Gasteiger partial charge on any atom is -0.495 e. The number of carbonyl (C=O) groups is 1. The van der Waals surface area contributed by atoms with E-state index >= 15 is 0 Å². The molecule has 4 nitrogen and oxygen atoms in total. The van der Waals surface area contributed by atoms with Gasteiger partial charge in [0.25, 0.3) is 5.91 Å². The first-order chi connectivity index (χ1) is 10.0. The molecule has 0 aromatic heterocycles. The topological polar surface area (TPSA) is 47.6 Å². The van der Waals surface area contributed by atoms with E-state index in [2.05, 4.69) is 12.2 Å². The Morgan fingerprint density at radius 2 is 2.19 bits per heavy atom. The van der Waals surface area contributed by atoms with E-state index in [9.17, 15) is 4.79 Å². The number of hydrogen-bond acceptors (Lipinski definition) is 3. The highest BCUT2D eigenvalue weighted by atomic mass is 35.5. The van der Waals surface area contributed by atoms with Crippen LogP contribution in [0.3, 0.4) is 0 Å². The molecular weight excluding hydrogens is 290 g/mol. The molecule has 1 aliphatic rings. The third-order valence-corrected chi connectivity index (χ3v) is 4.47. The van der Waals surface area contributed by atoms with Gasteiger partial charge in [0.15, 0.2) is 0 Å². The fraction of sp³-hybridized carbons (Fsp3) is 0.562. The minimum atomic E-state index is -0.732. The largest absolute Gasteiger partial charge is 0.495 e. The van der Waals surface area contributed by atoms with Crippen molar-refractivity contribution in [3.63, 3.8) is 0 Å². The van der Waals surface area contributed by atoms with Crippen molar-refractivity contribution in [2.45, 2.75) is 38.2 Å². The number of nitrogens with one attached hydrogen (secondary N) is 1. The molecule has 1 aliphatic carbocycles. The van der Waals surface area contributed by atoms with Crippen LogP contribution in [0, 0.1) is 5.92 Å². The second kappa shape index (κ2) is 6.67. The monoisotopic (exact) mass is 311 g/mol. The third kappa shape index (κ3) is 3.50. The number of anilines is 1. The van der Waals surface area contributed by atoms with Gasteiger partial charge in [0.05, 0.1) is 12.1 Å². The standard InChI is InChI=1S/C16H22ClNO3/c1-11-5-4-8-16(10-11,21-3)15(19)18-12-6-7-14(20-2)13(17)9-12/h6-7,9,11H,4-5,8,10H2,1-3H3,(H,18,19)/t11-,16-/m0/s1. The first-order valence-corrected chi connectivity index (χ1v) is 7.58. The van der Waals surface area contributed by atoms with Crippen LogP contribution in [0.25, 0.3) is 0 Å². The molecule has 116 valence electrons. The number of rotatable bonds is 4. The van der Waals surface area contributed by atoms with Crippen molar-refractivity contribution in [3.05, 3.63) is 23.2 Å². The van der Waals surface area contributed by atoms with Crippen LogP contribution in [-0.4, -0.2) is 25.7 Å². The summed E-state index contributed by atoms with van der Waals surface area (Å²) in [4.78, 5) is 12.6. The molecule has 0 radical (unpaired) electrons. The van der Waals surface area contributed by atoms with Gasteiger partial charge >= 0.3 is 0 Å². The number of ether oxygens (including phenoxy) is 2. The molecule has 1 N–H and O–H groups in total. The van der Waals surface area contributed by atoms with Crippen LogP contribution in [0.15, 0.2) is 18.2 Å². The predicted molar refractivity (Wildman–Crippen MR) is 84.0 cm³/mol. The van der Waals surface area contributed by atoms with E-state index in [0.29, 0.717) is 22.4 Å². The molecule has 0 saturated heterocycles. The summed E-state index contributed by atoms with van der Waals surface area (Å²) in [6.07, 6.45) is 3.65. The van der Waals surface area contributed by atoms with Gasteiger partial charge in [-0.25, -0.2) is 0 Å². The first-order valence-electron chi connectivity index (χ1n) is 7.21. The normalized spacial score (nSPS) is 25.4. The Morgan fingerprint density at radius 3 is 2.76 bits per heavy atom. The van der Waals surface area contributed by atoms with Gasteiger partial charge in [-0.1, -0.05) is 24.9 Å². The molecule has 0 spiro atoms. The summed E-state index contributed by atoms with van der Waals surface area (Å²) in [6.45, 7) is 2.16. The first kappa shape index (κ1) is 16.1. The quantitative estimate of drug-likeness (QED) is 0.918. The zero-order chi connectivity index (χ0) is 15.5. The summed E-state index contributed by atoms with van der Waals surface area (Å²) in [5.41, 5.74) is -0.0789. The lowest BCUT2D eigenvalue weighted by atomic mass is 9.78. The number of benzene rings is 1. The molecule has 1 saturated carbocycles. The highest BCUT2D eigenvalue weighted by Crippen LogP contribution is 2.36. The van der Waals surface area contributed by atoms with Crippen molar-refractivity contribution in [1.82, 2.24) is 0 Å². The SMILES string of the molecule is COc1ccc(NC(=O)[C@]2(OC)CCC[C@H](C)C2)cc1Cl. The Balaban J connectivity index is 2.14. The molecule has 0 aliphatic heterocycles. The molecule has 1 amide bonds. The Labute approximate surface area is 130 Å². The number of hydrogen-bond donors (Lipinski definition) is 1. The molecule has 1 aromatic rings. The second-order valence-electron chi connectivity index (χ2n) is 5.70. The smallest absolute Gasteiger partial charge is 0.256 e. The summed E-state index contributed by atoms with van der Waals surface area (Å²) in [6, 6.07) is 5.20.